The first-order chi connectivity index (χ1) is 9.90. The molecule has 1 fully saturated rings. The van der Waals surface area contributed by atoms with Gasteiger partial charge in [0.15, 0.2) is 0 Å². The molecule has 0 saturated heterocycles. The fourth-order valence-electron chi connectivity index (χ4n) is 3.59. The average Bonchev–Trinajstić information content (AvgIpc) is 2.37. The van der Waals surface area contributed by atoms with Crippen LogP contribution in [0.1, 0.15) is 56.5 Å². The third-order valence-electron chi connectivity index (χ3n) is 4.59. The van der Waals surface area contributed by atoms with Gasteiger partial charge in [-0.15, -0.1) is 0 Å². The van der Waals surface area contributed by atoms with Crippen LogP contribution in [0.3, 0.4) is 0 Å². The highest BCUT2D eigenvalue weighted by Gasteiger charge is 2.28. The highest BCUT2D eigenvalue weighted by Crippen LogP contribution is 2.33. The number of nitrogens with one attached hydrogen (secondary N) is 1. The van der Waals surface area contributed by atoms with E-state index in [4.69, 9.17) is 18.0 Å². The summed E-state index contributed by atoms with van der Waals surface area (Å²) in [5, 5.41) is 3.74. The van der Waals surface area contributed by atoms with Crippen LogP contribution in [0.15, 0.2) is 6.07 Å². The Morgan fingerprint density at radius 3 is 2.62 bits per heavy atom. The lowest BCUT2D eigenvalue weighted by molar-refractivity contribution is 0.254. The minimum atomic E-state index is 0.430. The molecule has 1 aromatic heterocycles. The van der Waals surface area contributed by atoms with Crippen molar-refractivity contribution in [2.45, 2.75) is 59.4 Å². The van der Waals surface area contributed by atoms with Gasteiger partial charge >= 0.3 is 0 Å². The number of nitrogens with two attached hydrogens (primary N) is 1. The second kappa shape index (κ2) is 6.73. The Labute approximate surface area is 133 Å². The molecule has 0 bridgehead atoms. The second-order valence-electron chi connectivity index (χ2n) is 6.58. The summed E-state index contributed by atoms with van der Waals surface area (Å²) >= 11 is 5.23. The van der Waals surface area contributed by atoms with Gasteiger partial charge in [0, 0.05) is 23.1 Å². The summed E-state index contributed by atoms with van der Waals surface area (Å²) in [5.74, 6) is 1.41. The molecule has 1 aromatic rings. The number of anilines is 1. The highest BCUT2D eigenvalue weighted by molar-refractivity contribution is 7.80. The summed E-state index contributed by atoms with van der Waals surface area (Å²) in [4.78, 5) is 4.93. The van der Waals surface area contributed by atoms with E-state index in [0.29, 0.717) is 22.9 Å². The van der Waals surface area contributed by atoms with Crippen LogP contribution in [0.5, 0.6) is 0 Å². The molecule has 0 spiro atoms. The molecule has 1 aliphatic carbocycles. The van der Waals surface area contributed by atoms with E-state index < -0.39 is 0 Å². The van der Waals surface area contributed by atoms with Gasteiger partial charge in [0.25, 0.3) is 0 Å². The number of rotatable bonds is 4. The van der Waals surface area contributed by atoms with E-state index in [-0.39, 0.29) is 0 Å². The predicted molar refractivity (Wildman–Crippen MR) is 93.8 cm³/mol. The second-order valence-corrected chi connectivity index (χ2v) is 7.02. The van der Waals surface area contributed by atoms with E-state index in [2.05, 4.69) is 30.2 Å². The number of hydrogen-bond acceptors (Lipinski definition) is 3. The van der Waals surface area contributed by atoms with Crippen LogP contribution >= 0.6 is 12.2 Å². The van der Waals surface area contributed by atoms with E-state index in [0.717, 1.165) is 22.6 Å². The van der Waals surface area contributed by atoms with Crippen molar-refractivity contribution in [3.05, 3.63) is 23.0 Å². The number of pyridine rings is 1. The minimum absolute atomic E-state index is 0.430. The van der Waals surface area contributed by atoms with Crippen LogP contribution in [0.2, 0.25) is 0 Å². The molecule has 2 rings (SSSR count). The Hall–Kier alpha value is -1.16. The van der Waals surface area contributed by atoms with Crippen molar-refractivity contribution in [3.63, 3.8) is 0 Å². The maximum atomic E-state index is 5.92. The SMILES string of the molecule is Cc1cc(NC2CCCCC2C(C)C)c(C(N)=S)c(C)n1. The van der Waals surface area contributed by atoms with Gasteiger partial charge < -0.3 is 11.1 Å². The van der Waals surface area contributed by atoms with E-state index in [1.165, 1.54) is 25.7 Å². The van der Waals surface area contributed by atoms with Crippen LogP contribution in [-0.2, 0) is 0 Å². The summed E-state index contributed by atoms with van der Waals surface area (Å²) in [7, 11) is 0. The molecule has 21 heavy (non-hydrogen) atoms. The maximum Gasteiger partial charge on any atom is 0.107 e. The van der Waals surface area contributed by atoms with E-state index in [1.807, 2.05) is 13.8 Å². The predicted octanol–water partition coefficient (Wildman–Crippen LogP) is 3.96. The molecule has 1 heterocycles. The van der Waals surface area contributed by atoms with Gasteiger partial charge in [-0.25, -0.2) is 0 Å². The molecule has 2 atom stereocenters. The molecule has 4 heteroatoms. The molecule has 3 nitrogen and oxygen atoms in total. The van der Waals surface area contributed by atoms with Crippen LogP contribution in [0, 0.1) is 25.7 Å². The minimum Gasteiger partial charge on any atom is -0.389 e. The van der Waals surface area contributed by atoms with E-state index in [9.17, 15) is 0 Å². The van der Waals surface area contributed by atoms with Crippen molar-refractivity contribution in [2.75, 3.05) is 5.32 Å². The van der Waals surface area contributed by atoms with Crippen molar-refractivity contribution in [2.24, 2.45) is 17.6 Å². The summed E-state index contributed by atoms with van der Waals surface area (Å²) in [6.07, 6.45) is 5.17. The molecule has 0 radical (unpaired) electrons. The molecule has 116 valence electrons. The van der Waals surface area contributed by atoms with Gasteiger partial charge in [-0.2, -0.15) is 0 Å². The zero-order valence-corrected chi connectivity index (χ0v) is 14.4. The lowest BCUT2D eigenvalue weighted by Gasteiger charge is -2.36. The lowest BCUT2D eigenvalue weighted by atomic mass is 9.77. The first kappa shape index (κ1) is 16.2. The van der Waals surface area contributed by atoms with Gasteiger partial charge in [-0.1, -0.05) is 38.9 Å². The number of hydrogen-bond donors (Lipinski definition) is 2. The zero-order valence-electron chi connectivity index (χ0n) is 13.6. The van der Waals surface area contributed by atoms with Crippen LogP contribution < -0.4 is 11.1 Å². The smallest absolute Gasteiger partial charge is 0.107 e. The van der Waals surface area contributed by atoms with Crippen molar-refractivity contribution in [3.8, 4) is 0 Å². The highest BCUT2D eigenvalue weighted by atomic mass is 32.1. The topological polar surface area (TPSA) is 50.9 Å². The Morgan fingerprint density at radius 1 is 1.33 bits per heavy atom. The van der Waals surface area contributed by atoms with Crippen LogP contribution in [0.4, 0.5) is 5.69 Å². The summed E-state index contributed by atoms with van der Waals surface area (Å²) in [6, 6.07) is 2.58. The number of aromatic nitrogens is 1. The molecule has 3 N–H and O–H groups in total. The van der Waals surface area contributed by atoms with Gasteiger partial charge in [-0.3, -0.25) is 4.98 Å². The number of nitrogens with zero attached hydrogens (tertiary/aromatic N) is 1. The van der Waals surface area contributed by atoms with Gasteiger partial charge in [0.2, 0.25) is 0 Å². The Kier molecular flexibility index (Phi) is 5.20. The first-order valence-corrected chi connectivity index (χ1v) is 8.35. The number of aryl methyl sites for hydroxylation is 2. The average molecular weight is 305 g/mol. The van der Waals surface area contributed by atoms with Crippen molar-refractivity contribution in [1.82, 2.24) is 4.98 Å². The van der Waals surface area contributed by atoms with Gasteiger partial charge in [-0.05, 0) is 44.6 Å². The molecular formula is C17H27N3S. The monoisotopic (exact) mass is 305 g/mol. The third kappa shape index (κ3) is 3.73. The summed E-state index contributed by atoms with van der Waals surface area (Å²) in [6.45, 7) is 8.64. The Morgan fingerprint density at radius 2 is 2.00 bits per heavy atom. The van der Waals surface area contributed by atoms with Crippen LogP contribution in [-0.4, -0.2) is 16.0 Å². The first-order valence-electron chi connectivity index (χ1n) is 7.94. The standard InChI is InChI=1S/C17H27N3S/c1-10(2)13-7-5-6-8-14(13)20-15-9-11(3)19-12(4)16(15)17(18)21/h9-10,13-14H,5-8H2,1-4H3,(H2,18,21)(H,19,20). The summed E-state index contributed by atoms with van der Waals surface area (Å²) < 4.78 is 0. The van der Waals surface area contributed by atoms with Crippen LogP contribution in [0.25, 0.3) is 0 Å². The van der Waals surface area contributed by atoms with E-state index >= 15 is 0 Å². The fourth-order valence-corrected chi connectivity index (χ4v) is 3.85. The molecule has 0 aromatic carbocycles. The number of thiocarbonyl (C=S) groups is 1. The maximum absolute atomic E-state index is 5.92. The third-order valence-corrected chi connectivity index (χ3v) is 4.80. The molecular weight excluding hydrogens is 278 g/mol. The van der Waals surface area contributed by atoms with Gasteiger partial charge in [0.05, 0.1) is 5.56 Å². The Bertz CT molecular complexity index is 525. The quantitative estimate of drug-likeness (QED) is 0.827. The van der Waals surface area contributed by atoms with Gasteiger partial charge in [0.1, 0.15) is 4.99 Å². The lowest BCUT2D eigenvalue weighted by Crippen LogP contribution is -2.36. The fraction of sp³-hybridized carbons (Fsp3) is 0.647. The molecule has 0 amide bonds. The molecule has 1 aliphatic rings. The molecule has 1 saturated carbocycles. The van der Waals surface area contributed by atoms with Crippen molar-refractivity contribution in [1.29, 1.82) is 0 Å². The van der Waals surface area contributed by atoms with Crippen molar-refractivity contribution < 1.29 is 0 Å². The summed E-state index contributed by atoms with van der Waals surface area (Å²) in [5.41, 5.74) is 9.81. The molecule has 0 aliphatic heterocycles. The van der Waals surface area contributed by atoms with Crippen molar-refractivity contribution >= 4 is 22.9 Å². The largest absolute Gasteiger partial charge is 0.389 e. The molecule has 2 unspecified atom stereocenters. The Balaban J connectivity index is 2.31. The zero-order chi connectivity index (χ0) is 15.6. The van der Waals surface area contributed by atoms with E-state index in [1.54, 1.807) is 0 Å². The normalized spacial score (nSPS) is 22.3.